The number of ether oxygens (including phenoxy) is 2. The summed E-state index contributed by atoms with van der Waals surface area (Å²) in [5, 5.41) is 11.2. The van der Waals surface area contributed by atoms with Crippen molar-refractivity contribution in [3.63, 3.8) is 0 Å². The number of aliphatic hydroxyl groups excluding tert-OH is 1. The minimum absolute atomic E-state index is 0.258. The van der Waals surface area contributed by atoms with Crippen molar-refractivity contribution in [2.45, 2.75) is 32.0 Å². The smallest absolute Gasteiger partial charge is 0.137 e. The quantitative estimate of drug-likeness (QED) is 0.876. The highest BCUT2D eigenvalue weighted by molar-refractivity contribution is 6.32. The van der Waals surface area contributed by atoms with Crippen LogP contribution in [0.25, 0.3) is 0 Å². The fraction of sp³-hybridized carbons (Fsp3) is 0.667. The molecule has 1 aromatic rings. The molecule has 2 aliphatic rings. The van der Waals surface area contributed by atoms with Crippen LogP contribution >= 0.6 is 11.6 Å². The Morgan fingerprint density at radius 1 is 1.29 bits per heavy atom. The summed E-state index contributed by atoms with van der Waals surface area (Å²) in [6, 6.07) is 6.21. The Balaban J connectivity index is 1.55. The first kappa shape index (κ1) is 18.0. The third-order valence-electron chi connectivity index (χ3n) is 4.85. The van der Waals surface area contributed by atoms with Gasteiger partial charge in [0.05, 0.1) is 30.9 Å². The number of hydrogen-bond acceptors (Lipinski definition) is 5. The van der Waals surface area contributed by atoms with Gasteiger partial charge in [-0.2, -0.15) is 0 Å². The maximum atomic E-state index is 10.6. The molecule has 0 amide bonds. The molecule has 0 bridgehead atoms. The number of benzene rings is 1. The monoisotopic (exact) mass is 354 g/mol. The standard InChI is InChI=1S/C18H27ClN2O3/c1-2-24-18-4-3-14(11-15(18)19)12-20-6-5-16(17(22)13-20)21-7-9-23-10-8-21/h3-4,11,16-17,22H,2,5-10,12-13H2,1H3/t16-,17-/m1/s1. The highest BCUT2D eigenvalue weighted by Gasteiger charge is 2.32. The van der Waals surface area contributed by atoms with Crippen LogP contribution in [0.2, 0.25) is 5.02 Å². The van der Waals surface area contributed by atoms with E-state index in [0.29, 0.717) is 18.2 Å². The van der Waals surface area contributed by atoms with Gasteiger partial charge in [-0.1, -0.05) is 17.7 Å². The molecule has 2 saturated heterocycles. The van der Waals surface area contributed by atoms with E-state index in [0.717, 1.165) is 57.1 Å². The number of piperidine rings is 1. The van der Waals surface area contributed by atoms with Gasteiger partial charge in [-0.05, 0) is 31.0 Å². The molecule has 5 nitrogen and oxygen atoms in total. The van der Waals surface area contributed by atoms with E-state index in [4.69, 9.17) is 21.1 Å². The Kier molecular flexibility index (Phi) is 6.36. The van der Waals surface area contributed by atoms with Crippen molar-refractivity contribution in [1.29, 1.82) is 0 Å². The molecule has 1 aromatic carbocycles. The zero-order valence-corrected chi connectivity index (χ0v) is 15.0. The Morgan fingerprint density at radius 2 is 2.08 bits per heavy atom. The summed E-state index contributed by atoms with van der Waals surface area (Å²) in [6.07, 6.45) is 0.682. The molecule has 2 heterocycles. The largest absolute Gasteiger partial charge is 0.492 e. The van der Waals surface area contributed by atoms with Crippen LogP contribution in [0.15, 0.2) is 18.2 Å². The first-order chi connectivity index (χ1) is 11.7. The lowest BCUT2D eigenvalue weighted by Crippen LogP contribution is -2.56. The molecular weight excluding hydrogens is 328 g/mol. The van der Waals surface area contributed by atoms with E-state index in [-0.39, 0.29) is 12.1 Å². The van der Waals surface area contributed by atoms with Gasteiger partial charge in [0.2, 0.25) is 0 Å². The lowest BCUT2D eigenvalue weighted by molar-refractivity contribution is -0.0534. The maximum absolute atomic E-state index is 10.6. The number of β-amino-alcohol motifs (C(OH)–C–C–N with tert-alkyl or cyclic N) is 1. The number of morpholine rings is 1. The fourth-order valence-corrected chi connectivity index (χ4v) is 3.89. The lowest BCUT2D eigenvalue weighted by atomic mass is 9.99. The average molecular weight is 355 g/mol. The van der Waals surface area contributed by atoms with Crippen LogP contribution in [-0.4, -0.2) is 73.1 Å². The van der Waals surface area contributed by atoms with Crippen molar-refractivity contribution < 1.29 is 14.6 Å². The van der Waals surface area contributed by atoms with Gasteiger partial charge in [0.25, 0.3) is 0 Å². The molecule has 0 unspecified atom stereocenters. The summed E-state index contributed by atoms with van der Waals surface area (Å²) in [5.41, 5.74) is 1.15. The zero-order valence-electron chi connectivity index (χ0n) is 14.3. The summed E-state index contributed by atoms with van der Waals surface area (Å²) in [5.74, 6) is 0.731. The Morgan fingerprint density at radius 3 is 2.75 bits per heavy atom. The van der Waals surface area contributed by atoms with Gasteiger partial charge in [-0.15, -0.1) is 0 Å². The van der Waals surface area contributed by atoms with Crippen molar-refractivity contribution >= 4 is 11.6 Å². The van der Waals surface area contributed by atoms with Crippen molar-refractivity contribution in [3.05, 3.63) is 28.8 Å². The first-order valence-electron chi connectivity index (χ1n) is 8.81. The van der Waals surface area contributed by atoms with Crippen LogP contribution in [0.3, 0.4) is 0 Å². The number of hydrogen-bond donors (Lipinski definition) is 1. The average Bonchev–Trinajstić information content (AvgIpc) is 2.58. The normalized spacial score (nSPS) is 26.5. The minimum atomic E-state index is -0.310. The molecule has 0 spiro atoms. The summed E-state index contributed by atoms with van der Waals surface area (Å²) in [7, 11) is 0. The van der Waals surface area contributed by atoms with Gasteiger partial charge in [-0.25, -0.2) is 0 Å². The molecule has 3 rings (SSSR count). The Hall–Kier alpha value is -0.850. The molecule has 0 radical (unpaired) electrons. The van der Waals surface area contributed by atoms with Gasteiger partial charge in [0, 0.05) is 38.8 Å². The number of aliphatic hydroxyl groups is 1. The molecule has 2 aliphatic heterocycles. The van der Waals surface area contributed by atoms with Crippen molar-refractivity contribution in [2.75, 3.05) is 46.0 Å². The lowest BCUT2D eigenvalue weighted by Gasteiger charge is -2.43. The van der Waals surface area contributed by atoms with Crippen LogP contribution in [0.4, 0.5) is 0 Å². The number of rotatable bonds is 5. The molecule has 1 N–H and O–H groups in total. The van der Waals surface area contributed by atoms with Gasteiger partial charge in [0.15, 0.2) is 0 Å². The molecule has 24 heavy (non-hydrogen) atoms. The predicted octanol–water partition coefficient (Wildman–Crippen LogP) is 2.01. The van der Waals surface area contributed by atoms with E-state index in [1.54, 1.807) is 0 Å². The number of nitrogens with zero attached hydrogens (tertiary/aromatic N) is 2. The highest BCUT2D eigenvalue weighted by atomic mass is 35.5. The summed E-state index contributed by atoms with van der Waals surface area (Å²) < 4.78 is 10.9. The second-order valence-corrected chi connectivity index (χ2v) is 6.91. The molecule has 0 saturated carbocycles. The van der Waals surface area contributed by atoms with Crippen LogP contribution in [0.5, 0.6) is 5.75 Å². The maximum Gasteiger partial charge on any atom is 0.137 e. The van der Waals surface area contributed by atoms with Crippen LogP contribution in [-0.2, 0) is 11.3 Å². The molecule has 2 fully saturated rings. The molecule has 134 valence electrons. The van der Waals surface area contributed by atoms with Crippen molar-refractivity contribution in [3.8, 4) is 5.75 Å². The van der Waals surface area contributed by atoms with Gasteiger partial charge in [-0.3, -0.25) is 9.80 Å². The van der Waals surface area contributed by atoms with E-state index < -0.39 is 0 Å². The van der Waals surface area contributed by atoms with Gasteiger partial charge >= 0.3 is 0 Å². The van der Waals surface area contributed by atoms with Crippen molar-refractivity contribution in [1.82, 2.24) is 9.80 Å². The van der Waals surface area contributed by atoms with E-state index >= 15 is 0 Å². The number of likely N-dealkylation sites (tertiary alicyclic amines) is 1. The summed E-state index contributed by atoms with van der Waals surface area (Å²) in [4.78, 5) is 4.67. The van der Waals surface area contributed by atoms with E-state index in [1.807, 2.05) is 19.1 Å². The second-order valence-electron chi connectivity index (χ2n) is 6.50. The molecule has 0 aliphatic carbocycles. The van der Waals surface area contributed by atoms with Crippen LogP contribution in [0, 0.1) is 0 Å². The zero-order chi connectivity index (χ0) is 16.9. The molecular formula is C18H27ClN2O3. The third kappa shape index (κ3) is 4.41. The van der Waals surface area contributed by atoms with Crippen LogP contribution < -0.4 is 4.74 Å². The van der Waals surface area contributed by atoms with E-state index in [9.17, 15) is 5.11 Å². The Labute approximate surface area is 149 Å². The second kappa shape index (κ2) is 8.50. The van der Waals surface area contributed by atoms with E-state index in [2.05, 4.69) is 15.9 Å². The number of halogens is 1. The summed E-state index contributed by atoms with van der Waals surface area (Å²) in [6.45, 7) is 8.46. The fourth-order valence-electron chi connectivity index (χ4n) is 3.64. The molecule has 0 aromatic heterocycles. The first-order valence-corrected chi connectivity index (χ1v) is 9.18. The topological polar surface area (TPSA) is 45.2 Å². The summed E-state index contributed by atoms with van der Waals surface area (Å²) >= 11 is 6.27. The highest BCUT2D eigenvalue weighted by Crippen LogP contribution is 2.27. The Bertz CT molecular complexity index is 537. The minimum Gasteiger partial charge on any atom is -0.492 e. The molecule has 2 atom stereocenters. The third-order valence-corrected chi connectivity index (χ3v) is 5.14. The van der Waals surface area contributed by atoms with Crippen LogP contribution in [0.1, 0.15) is 18.9 Å². The predicted molar refractivity (Wildman–Crippen MR) is 94.7 cm³/mol. The van der Waals surface area contributed by atoms with Gasteiger partial charge in [0.1, 0.15) is 5.75 Å². The van der Waals surface area contributed by atoms with Crippen molar-refractivity contribution in [2.24, 2.45) is 0 Å². The van der Waals surface area contributed by atoms with E-state index in [1.165, 1.54) is 0 Å². The molecule has 6 heteroatoms. The SMILES string of the molecule is CCOc1ccc(CN2CC[C@@H](N3CCOCC3)[C@H](O)C2)cc1Cl. The van der Waals surface area contributed by atoms with Gasteiger partial charge < -0.3 is 14.6 Å².